The molecule has 5 rings (SSSR count). The lowest BCUT2D eigenvalue weighted by atomic mass is 9.39. The first-order chi connectivity index (χ1) is 16.8. The topological polar surface area (TPSA) is 93.8 Å². The SMILES string of the molecule is C[C@@H]1CCC2C3C[C@H](F)C4=CC(=O)C=C[C@]4(C)[C@@]3(F)[C@@H](O)C[C@]2(C)[C@@]1(OC(=O)c1ccco1)C(=O)S. The van der Waals surface area contributed by atoms with Crippen molar-refractivity contribution >= 4 is 29.5 Å². The number of halogens is 2. The van der Waals surface area contributed by atoms with Crippen molar-refractivity contribution in [3.05, 3.63) is 48.0 Å². The van der Waals surface area contributed by atoms with Crippen LogP contribution >= 0.6 is 12.6 Å². The molecule has 0 radical (unpaired) electrons. The number of aliphatic hydroxyl groups is 1. The fraction of sp³-hybridized carbons (Fsp3) is 0.593. The number of hydrogen-bond donors (Lipinski definition) is 2. The number of thiol groups is 1. The van der Waals surface area contributed by atoms with Crippen molar-refractivity contribution in [3.8, 4) is 0 Å². The molecule has 9 atom stereocenters. The standard InChI is InChI=1S/C27H30F2O6S/c1-14-6-7-16-17-12-19(28)18-11-15(30)8-9-24(18,2)26(17,29)21(31)13-25(16,3)27(14,23(33)36)35-22(32)20-5-4-10-34-20/h4-5,8-11,14,16-17,19,21,31H,6-7,12-13H2,1-3H3,(H,33,36)/t14-,16?,17?,19+,21+,24+,25+,26+,27+/m1/s1. The van der Waals surface area contributed by atoms with Crippen LogP contribution < -0.4 is 0 Å². The first kappa shape index (κ1) is 25.4. The monoisotopic (exact) mass is 520 g/mol. The van der Waals surface area contributed by atoms with Crippen LogP contribution in [0.2, 0.25) is 0 Å². The summed E-state index contributed by atoms with van der Waals surface area (Å²) in [5.41, 5.74) is -6.84. The van der Waals surface area contributed by atoms with Crippen molar-refractivity contribution in [2.45, 2.75) is 70.0 Å². The molecule has 9 heteroatoms. The molecule has 0 spiro atoms. The number of alkyl halides is 2. The zero-order valence-electron chi connectivity index (χ0n) is 20.4. The third-order valence-corrected chi connectivity index (χ3v) is 10.1. The van der Waals surface area contributed by atoms with Crippen LogP contribution in [-0.4, -0.2) is 45.5 Å². The quantitative estimate of drug-likeness (QED) is 0.448. The molecule has 0 bridgehead atoms. The summed E-state index contributed by atoms with van der Waals surface area (Å²) >= 11 is 4.16. The van der Waals surface area contributed by atoms with Crippen LogP contribution in [0, 0.1) is 28.6 Å². The highest BCUT2D eigenvalue weighted by molar-refractivity contribution is 7.96. The van der Waals surface area contributed by atoms with Gasteiger partial charge in [-0.3, -0.25) is 9.59 Å². The minimum Gasteiger partial charge on any atom is -0.457 e. The van der Waals surface area contributed by atoms with E-state index >= 15 is 8.78 Å². The Hall–Kier alpha value is -2.26. The predicted octanol–water partition coefficient (Wildman–Crippen LogP) is 4.59. The van der Waals surface area contributed by atoms with E-state index in [9.17, 15) is 19.5 Å². The fourth-order valence-corrected chi connectivity index (χ4v) is 8.53. The third-order valence-electron chi connectivity index (χ3n) is 9.77. The van der Waals surface area contributed by atoms with Gasteiger partial charge >= 0.3 is 5.97 Å². The minimum absolute atomic E-state index is 0.0290. The van der Waals surface area contributed by atoms with Gasteiger partial charge in [0.15, 0.2) is 17.1 Å². The van der Waals surface area contributed by atoms with Gasteiger partial charge in [-0.1, -0.05) is 19.9 Å². The Morgan fingerprint density at radius 3 is 2.61 bits per heavy atom. The molecule has 1 aromatic rings. The van der Waals surface area contributed by atoms with Crippen molar-refractivity contribution < 1.29 is 37.4 Å². The number of ketones is 1. The van der Waals surface area contributed by atoms with Crippen LogP contribution in [-0.2, 0) is 14.3 Å². The van der Waals surface area contributed by atoms with Crippen LogP contribution in [0.25, 0.3) is 0 Å². The van der Waals surface area contributed by atoms with E-state index in [0.717, 1.165) is 6.08 Å². The van der Waals surface area contributed by atoms with E-state index in [1.807, 2.05) is 0 Å². The number of esters is 1. The van der Waals surface area contributed by atoms with E-state index in [0.29, 0.717) is 12.8 Å². The Kier molecular flexibility index (Phi) is 5.73. The second-order valence-corrected chi connectivity index (χ2v) is 11.7. The third kappa shape index (κ3) is 3.01. The van der Waals surface area contributed by atoms with E-state index in [4.69, 9.17) is 9.15 Å². The number of fused-ring (bicyclic) bond motifs is 5. The second kappa shape index (κ2) is 8.12. The molecule has 3 saturated carbocycles. The van der Waals surface area contributed by atoms with Crippen molar-refractivity contribution in [1.29, 1.82) is 0 Å². The molecule has 194 valence electrons. The van der Waals surface area contributed by atoms with Crippen LogP contribution in [0.3, 0.4) is 0 Å². The molecule has 1 N–H and O–H groups in total. The smallest absolute Gasteiger partial charge is 0.375 e. The average Bonchev–Trinajstić information content (AvgIpc) is 3.35. The Morgan fingerprint density at radius 2 is 1.97 bits per heavy atom. The van der Waals surface area contributed by atoms with Crippen molar-refractivity contribution in [3.63, 3.8) is 0 Å². The largest absolute Gasteiger partial charge is 0.457 e. The number of aliphatic hydroxyl groups excluding tert-OH is 1. The van der Waals surface area contributed by atoms with E-state index < -0.39 is 69.0 Å². The lowest BCUT2D eigenvalue weighted by molar-refractivity contribution is -0.259. The maximum absolute atomic E-state index is 17.4. The highest BCUT2D eigenvalue weighted by Gasteiger charge is 2.76. The van der Waals surface area contributed by atoms with Gasteiger partial charge in [-0.2, -0.15) is 0 Å². The summed E-state index contributed by atoms with van der Waals surface area (Å²) in [6, 6.07) is 2.93. The van der Waals surface area contributed by atoms with Gasteiger partial charge in [-0.25, -0.2) is 13.6 Å². The zero-order chi connectivity index (χ0) is 26.3. The van der Waals surface area contributed by atoms with Crippen molar-refractivity contribution in [1.82, 2.24) is 0 Å². The number of allylic oxidation sites excluding steroid dienone is 4. The van der Waals surface area contributed by atoms with Gasteiger partial charge in [0.1, 0.15) is 6.17 Å². The van der Waals surface area contributed by atoms with Gasteiger partial charge in [0.05, 0.1) is 12.4 Å². The van der Waals surface area contributed by atoms with E-state index in [1.165, 1.54) is 37.5 Å². The number of carbonyl (C=O) groups is 3. The Balaban J connectivity index is 1.64. The number of rotatable bonds is 3. The lowest BCUT2D eigenvalue weighted by Gasteiger charge is -2.67. The van der Waals surface area contributed by atoms with E-state index in [2.05, 4.69) is 12.6 Å². The first-order valence-electron chi connectivity index (χ1n) is 12.3. The number of carbonyl (C=O) groups excluding carboxylic acids is 3. The van der Waals surface area contributed by atoms with Gasteiger partial charge in [0.25, 0.3) is 0 Å². The molecule has 3 fully saturated rings. The van der Waals surface area contributed by atoms with E-state index in [-0.39, 0.29) is 24.2 Å². The molecule has 0 amide bonds. The normalized spacial score (nSPS) is 45.7. The molecule has 0 saturated heterocycles. The maximum atomic E-state index is 17.4. The lowest BCUT2D eigenvalue weighted by Crippen LogP contribution is -2.74. The Bertz CT molecular complexity index is 1180. The van der Waals surface area contributed by atoms with E-state index in [1.54, 1.807) is 13.8 Å². The molecule has 0 aliphatic heterocycles. The molecular weight excluding hydrogens is 490 g/mol. The highest BCUT2D eigenvalue weighted by Crippen LogP contribution is 2.70. The Morgan fingerprint density at radius 1 is 1.25 bits per heavy atom. The minimum atomic E-state index is -2.29. The van der Waals surface area contributed by atoms with Crippen LogP contribution in [0.15, 0.2) is 46.6 Å². The molecule has 6 nitrogen and oxygen atoms in total. The van der Waals surface area contributed by atoms with Gasteiger partial charge in [0, 0.05) is 22.7 Å². The molecule has 4 aliphatic carbocycles. The van der Waals surface area contributed by atoms with Crippen molar-refractivity contribution in [2.75, 3.05) is 0 Å². The number of hydrogen-bond acceptors (Lipinski definition) is 6. The van der Waals surface area contributed by atoms with Gasteiger partial charge in [-0.15, -0.1) is 12.6 Å². The predicted molar refractivity (Wildman–Crippen MR) is 129 cm³/mol. The van der Waals surface area contributed by atoms with Crippen LogP contribution in [0.4, 0.5) is 8.78 Å². The molecule has 4 aliphatic rings. The number of ether oxygens (including phenoxy) is 1. The maximum Gasteiger partial charge on any atom is 0.375 e. The van der Waals surface area contributed by atoms with Crippen molar-refractivity contribution in [2.24, 2.45) is 28.6 Å². The van der Waals surface area contributed by atoms with Gasteiger partial charge in [0.2, 0.25) is 10.9 Å². The summed E-state index contributed by atoms with van der Waals surface area (Å²) in [4.78, 5) is 38.3. The summed E-state index contributed by atoms with van der Waals surface area (Å²) in [7, 11) is 0. The molecule has 2 unspecified atom stereocenters. The van der Waals surface area contributed by atoms with Gasteiger partial charge in [-0.05, 0) is 68.4 Å². The van der Waals surface area contributed by atoms with Gasteiger partial charge < -0.3 is 14.3 Å². The molecule has 0 aromatic carbocycles. The number of furan rings is 1. The summed E-state index contributed by atoms with van der Waals surface area (Å²) < 4.78 is 44.1. The average molecular weight is 521 g/mol. The molecule has 1 aromatic heterocycles. The zero-order valence-corrected chi connectivity index (χ0v) is 21.3. The summed E-state index contributed by atoms with van der Waals surface area (Å²) in [5.74, 6) is -3.48. The summed E-state index contributed by atoms with van der Waals surface area (Å²) in [5, 5.41) is 10.8. The second-order valence-electron chi connectivity index (χ2n) is 11.2. The summed E-state index contributed by atoms with van der Waals surface area (Å²) in [6.45, 7) is 5.00. The highest BCUT2D eigenvalue weighted by atomic mass is 32.1. The molecule has 1 heterocycles. The summed E-state index contributed by atoms with van der Waals surface area (Å²) in [6.07, 6.45) is 2.20. The first-order valence-corrected chi connectivity index (χ1v) is 12.7. The van der Waals surface area contributed by atoms with Crippen LogP contribution in [0.1, 0.15) is 57.0 Å². The fourth-order valence-electron chi connectivity index (χ4n) is 8.01. The molecular formula is C27H30F2O6S. The Labute approximate surface area is 213 Å². The molecule has 36 heavy (non-hydrogen) atoms. The van der Waals surface area contributed by atoms with Crippen LogP contribution in [0.5, 0.6) is 0 Å².